The molecule has 0 aromatic rings. The molecule has 1 heterocycles. The number of hydrogen-bond donors (Lipinski definition) is 0. The highest BCUT2D eigenvalue weighted by Gasteiger charge is 2.24. The lowest BCUT2D eigenvalue weighted by atomic mass is 9.85. The van der Waals surface area contributed by atoms with E-state index in [-0.39, 0.29) is 0 Å². The Kier molecular flexibility index (Phi) is 4.73. The van der Waals surface area contributed by atoms with Crippen LogP contribution < -0.4 is 0 Å². The molecule has 0 amide bonds. The maximum atomic E-state index is 5.67. The Hall–Kier alpha value is 0.210. The van der Waals surface area contributed by atoms with Crippen LogP contribution in [0, 0.1) is 5.92 Å². The molecule has 2 rings (SSSR count). The normalized spacial score (nSPS) is 25.4. The molecule has 1 saturated carbocycles. The minimum absolute atomic E-state index is 0.474. The predicted octanol–water partition coefficient (Wildman–Crippen LogP) is 2.51. The molecule has 15 heavy (non-hydrogen) atoms. The minimum Gasteiger partial charge on any atom is -0.377 e. The quantitative estimate of drug-likeness (QED) is 0.675. The largest absolute Gasteiger partial charge is 0.377 e. The van der Waals surface area contributed by atoms with Crippen molar-refractivity contribution >= 4 is 11.6 Å². The van der Waals surface area contributed by atoms with Crippen molar-refractivity contribution in [3.8, 4) is 0 Å². The first-order chi connectivity index (χ1) is 7.38. The molecule has 1 aliphatic heterocycles. The van der Waals surface area contributed by atoms with Crippen LogP contribution in [0.3, 0.4) is 0 Å². The Balaban J connectivity index is 1.58. The fourth-order valence-electron chi connectivity index (χ4n) is 2.51. The summed E-state index contributed by atoms with van der Waals surface area (Å²) in [6, 6.07) is 0. The van der Waals surface area contributed by atoms with Crippen molar-refractivity contribution in [2.75, 3.05) is 32.1 Å². The van der Waals surface area contributed by atoms with Crippen LogP contribution in [0.1, 0.15) is 32.1 Å². The van der Waals surface area contributed by atoms with Gasteiger partial charge in [-0.3, -0.25) is 0 Å². The van der Waals surface area contributed by atoms with Gasteiger partial charge in [0.2, 0.25) is 0 Å². The van der Waals surface area contributed by atoms with Crippen molar-refractivity contribution in [2.24, 2.45) is 5.92 Å². The summed E-state index contributed by atoms with van der Waals surface area (Å²) >= 11 is 5.61. The lowest BCUT2D eigenvalue weighted by Crippen LogP contribution is -2.41. The maximum Gasteiger partial charge on any atom is 0.0605 e. The number of alkyl halides is 1. The molecule has 0 bridgehead atoms. The number of hydrogen-bond acceptors (Lipinski definition) is 2. The van der Waals surface area contributed by atoms with E-state index in [0.29, 0.717) is 12.0 Å². The van der Waals surface area contributed by atoms with E-state index in [2.05, 4.69) is 4.90 Å². The summed E-state index contributed by atoms with van der Waals surface area (Å²) in [6.45, 7) is 4.50. The topological polar surface area (TPSA) is 12.5 Å². The molecule has 0 radical (unpaired) electrons. The molecule has 2 fully saturated rings. The van der Waals surface area contributed by atoms with Crippen LogP contribution >= 0.6 is 11.6 Å². The molecule has 3 heteroatoms. The van der Waals surface area contributed by atoms with Gasteiger partial charge in [0.05, 0.1) is 12.7 Å². The molecule has 1 saturated heterocycles. The van der Waals surface area contributed by atoms with Crippen LogP contribution in [0.4, 0.5) is 0 Å². The van der Waals surface area contributed by atoms with Gasteiger partial charge in [0.15, 0.2) is 0 Å². The lowest BCUT2D eigenvalue weighted by molar-refractivity contribution is 0.00894. The second-order valence-corrected chi connectivity index (χ2v) is 5.23. The number of likely N-dealkylation sites (tertiary alicyclic amines) is 1. The molecular weight excluding hydrogens is 210 g/mol. The van der Waals surface area contributed by atoms with Gasteiger partial charge in [-0.05, 0) is 31.6 Å². The van der Waals surface area contributed by atoms with Gasteiger partial charge >= 0.3 is 0 Å². The fraction of sp³-hybridized carbons (Fsp3) is 1.00. The van der Waals surface area contributed by atoms with Gasteiger partial charge in [0.25, 0.3) is 0 Å². The van der Waals surface area contributed by atoms with Gasteiger partial charge in [-0.1, -0.05) is 6.42 Å². The molecule has 0 N–H and O–H groups in total. The zero-order valence-electron chi connectivity index (χ0n) is 9.46. The molecule has 88 valence electrons. The van der Waals surface area contributed by atoms with E-state index in [1.165, 1.54) is 51.7 Å². The number of rotatable bonds is 5. The Morgan fingerprint density at radius 3 is 2.40 bits per heavy atom. The summed E-state index contributed by atoms with van der Waals surface area (Å²) in [5, 5.41) is 0. The molecule has 2 aliphatic rings. The molecule has 0 spiro atoms. The Labute approximate surface area is 97.9 Å². The SMILES string of the molecule is ClCCOC1CCN(CC2CCC2)CC1. The molecule has 0 aromatic carbocycles. The number of nitrogens with zero attached hydrogens (tertiary/aromatic N) is 1. The summed E-state index contributed by atoms with van der Waals surface area (Å²) in [7, 11) is 0. The van der Waals surface area contributed by atoms with Crippen LogP contribution in [-0.2, 0) is 4.74 Å². The van der Waals surface area contributed by atoms with E-state index < -0.39 is 0 Å². The second kappa shape index (κ2) is 6.07. The molecule has 0 atom stereocenters. The van der Waals surface area contributed by atoms with Gasteiger partial charge in [-0.25, -0.2) is 0 Å². The third-order valence-electron chi connectivity index (χ3n) is 3.71. The first-order valence-corrected chi connectivity index (χ1v) is 6.82. The average Bonchev–Trinajstić information content (AvgIpc) is 2.22. The zero-order chi connectivity index (χ0) is 10.5. The predicted molar refractivity (Wildman–Crippen MR) is 63.5 cm³/mol. The monoisotopic (exact) mass is 231 g/mol. The smallest absolute Gasteiger partial charge is 0.0605 e. The van der Waals surface area contributed by atoms with Crippen LogP contribution in [-0.4, -0.2) is 43.1 Å². The van der Waals surface area contributed by atoms with Crippen molar-refractivity contribution in [1.29, 1.82) is 0 Å². The molecule has 2 nitrogen and oxygen atoms in total. The minimum atomic E-state index is 0.474. The summed E-state index contributed by atoms with van der Waals surface area (Å²) in [5.74, 6) is 1.63. The van der Waals surface area contributed by atoms with E-state index in [1.807, 2.05) is 0 Å². The first kappa shape index (κ1) is 11.7. The summed E-state index contributed by atoms with van der Waals surface area (Å²) in [4.78, 5) is 2.62. The van der Waals surface area contributed by atoms with Gasteiger partial charge in [0.1, 0.15) is 0 Å². The van der Waals surface area contributed by atoms with E-state index in [0.717, 1.165) is 12.5 Å². The molecule has 1 aliphatic carbocycles. The third kappa shape index (κ3) is 3.61. The van der Waals surface area contributed by atoms with E-state index >= 15 is 0 Å². The zero-order valence-corrected chi connectivity index (χ0v) is 10.2. The highest BCUT2D eigenvalue weighted by Crippen LogP contribution is 2.28. The van der Waals surface area contributed by atoms with Crippen molar-refractivity contribution in [2.45, 2.75) is 38.2 Å². The van der Waals surface area contributed by atoms with Crippen LogP contribution in [0.15, 0.2) is 0 Å². The fourth-order valence-corrected chi connectivity index (χ4v) is 2.60. The standard InChI is InChI=1S/C12H22ClNO/c13-6-9-15-12-4-7-14(8-5-12)10-11-2-1-3-11/h11-12H,1-10H2. The van der Waals surface area contributed by atoms with E-state index in [9.17, 15) is 0 Å². The highest BCUT2D eigenvalue weighted by atomic mass is 35.5. The summed E-state index contributed by atoms with van der Waals surface area (Å²) in [6.07, 6.45) is 7.25. The molecule has 0 aromatic heterocycles. The van der Waals surface area contributed by atoms with Crippen LogP contribution in [0.5, 0.6) is 0 Å². The first-order valence-electron chi connectivity index (χ1n) is 6.28. The Morgan fingerprint density at radius 2 is 1.87 bits per heavy atom. The maximum absolute atomic E-state index is 5.67. The van der Waals surface area contributed by atoms with Gasteiger partial charge in [0, 0.05) is 25.5 Å². The number of halogens is 1. The highest BCUT2D eigenvalue weighted by molar-refractivity contribution is 6.17. The van der Waals surface area contributed by atoms with Crippen molar-refractivity contribution < 1.29 is 4.74 Å². The van der Waals surface area contributed by atoms with Crippen LogP contribution in [0.25, 0.3) is 0 Å². The average molecular weight is 232 g/mol. The summed E-state index contributed by atoms with van der Waals surface area (Å²) in [5.41, 5.74) is 0. The van der Waals surface area contributed by atoms with E-state index in [4.69, 9.17) is 16.3 Å². The summed E-state index contributed by atoms with van der Waals surface area (Å²) < 4.78 is 5.67. The van der Waals surface area contributed by atoms with Crippen molar-refractivity contribution in [3.63, 3.8) is 0 Å². The van der Waals surface area contributed by atoms with Crippen LogP contribution in [0.2, 0.25) is 0 Å². The van der Waals surface area contributed by atoms with Gasteiger partial charge < -0.3 is 9.64 Å². The van der Waals surface area contributed by atoms with Gasteiger partial charge in [-0.2, -0.15) is 0 Å². The Bertz CT molecular complexity index is 176. The van der Waals surface area contributed by atoms with Gasteiger partial charge in [-0.15, -0.1) is 11.6 Å². The lowest BCUT2D eigenvalue weighted by Gasteiger charge is -2.36. The third-order valence-corrected chi connectivity index (χ3v) is 3.86. The number of piperidine rings is 1. The van der Waals surface area contributed by atoms with Crippen molar-refractivity contribution in [3.05, 3.63) is 0 Å². The molecule has 0 unspecified atom stereocenters. The van der Waals surface area contributed by atoms with E-state index in [1.54, 1.807) is 0 Å². The Morgan fingerprint density at radius 1 is 1.13 bits per heavy atom. The van der Waals surface area contributed by atoms with Crippen molar-refractivity contribution in [1.82, 2.24) is 4.90 Å². The number of ether oxygens (including phenoxy) is 1. The second-order valence-electron chi connectivity index (χ2n) is 4.86. The molecular formula is C12H22ClNO.